The number of aromatic nitrogens is 1. The van der Waals surface area contributed by atoms with Crippen molar-refractivity contribution in [3.63, 3.8) is 0 Å². The van der Waals surface area contributed by atoms with Crippen LogP contribution in [0.25, 0.3) is 0 Å². The molecule has 0 radical (unpaired) electrons. The molecule has 1 fully saturated rings. The Balaban J connectivity index is 1.76. The zero-order valence-electron chi connectivity index (χ0n) is 19.5. The van der Waals surface area contributed by atoms with Crippen molar-refractivity contribution in [2.24, 2.45) is 5.73 Å². The number of nitrogens with zero attached hydrogens (tertiary/aromatic N) is 3. The minimum Gasteiger partial charge on any atom is -0.386 e. The molecule has 32 heavy (non-hydrogen) atoms. The van der Waals surface area contributed by atoms with Crippen LogP contribution in [0.4, 0.5) is 11.4 Å². The summed E-state index contributed by atoms with van der Waals surface area (Å²) in [6.45, 7) is 9.38. The maximum absolute atomic E-state index is 9.47. The summed E-state index contributed by atoms with van der Waals surface area (Å²) in [6, 6.07) is 11.3. The first-order valence-corrected chi connectivity index (χ1v) is 12.1. The molecule has 0 atom stereocenters. The van der Waals surface area contributed by atoms with E-state index >= 15 is 0 Å². The minimum atomic E-state index is 0.360. The van der Waals surface area contributed by atoms with Gasteiger partial charge in [-0.25, -0.2) is 0 Å². The van der Waals surface area contributed by atoms with E-state index in [-0.39, 0.29) is 0 Å². The van der Waals surface area contributed by atoms with E-state index in [2.05, 4.69) is 64.7 Å². The normalized spacial score (nSPS) is 15.8. The number of piperidine rings is 1. The van der Waals surface area contributed by atoms with Crippen molar-refractivity contribution in [3.8, 4) is 6.07 Å². The quantitative estimate of drug-likeness (QED) is 0.484. The van der Waals surface area contributed by atoms with Crippen LogP contribution in [-0.4, -0.2) is 36.1 Å². The predicted octanol–water partition coefficient (Wildman–Crippen LogP) is 5.07. The number of likely N-dealkylation sites (tertiary alicyclic amines) is 1. The van der Waals surface area contributed by atoms with Crippen LogP contribution in [0.2, 0.25) is 0 Å². The van der Waals surface area contributed by atoms with Crippen molar-refractivity contribution in [1.82, 2.24) is 9.88 Å². The number of anilines is 2. The molecule has 4 N–H and O–H groups in total. The Bertz CT molecular complexity index is 985. The van der Waals surface area contributed by atoms with Crippen LogP contribution >= 0.6 is 11.8 Å². The Labute approximate surface area is 196 Å². The fraction of sp³-hybridized carbons (Fsp3) is 0.440. The molecule has 0 spiro atoms. The molecular formula is C25H34N6S. The van der Waals surface area contributed by atoms with Crippen molar-refractivity contribution in [2.75, 3.05) is 30.8 Å². The third-order valence-corrected chi connectivity index (χ3v) is 7.31. The molecule has 2 heterocycles. The molecule has 7 heteroatoms. The highest BCUT2D eigenvalue weighted by molar-refractivity contribution is 8.03. The van der Waals surface area contributed by atoms with Crippen LogP contribution in [-0.2, 0) is 6.54 Å². The van der Waals surface area contributed by atoms with Crippen molar-refractivity contribution in [1.29, 1.82) is 5.26 Å². The molecular weight excluding hydrogens is 416 g/mol. The maximum atomic E-state index is 9.47. The number of nitrogens with two attached hydrogens (primary N) is 1. The van der Waals surface area contributed by atoms with Gasteiger partial charge in [-0.3, -0.25) is 9.88 Å². The highest BCUT2D eigenvalue weighted by atomic mass is 32.2. The number of pyridine rings is 1. The monoisotopic (exact) mass is 450 g/mol. The van der Waals surface area contributed by atoms with Gasteiger partial charge in [0, 0.05) is 31.5 Å². The van der Waals surface area contributed by atoms with Gasteiger partial charge >= 0.3 is 0 Å². The Morgan fingerprint density at radius 2 is 1.97 bits per heavy atom. The largest absolute Gasteiger partial charge is 0.386 e. The lowest BCUT2D eigenvalue weighted by molar-refractivity contribution is 0.205. The van der Waals surface area contributed by atoms with Crippen LogP contribution in [0, 0.1) is 18.3 Å². The lowest BCUT2D eigenvalue weighted by Gasteiger charge is -2.30. The van der Waals surface area contributed by atoms with E-state index in [1.54, 1.807) is 18.0 Å². The summed E-state index contributed by atoms with van der Waals surface area (Å²) in [5, 5.41) is 17.3. The number of hydrogen-bond acceptors (Lipinski definition) is 7. The summed E-state index contributed by atoms with van der Waals surface area (Å²) in [7, 11) is 1.85. The fourth-order valence-electron chi connectivity index (χ4n) is 3.72. The second kappa shape index (κ2) is 11.4. The summed E-state index contributed by atoms with van der Waals surface area (Å²) in [5.41, 5.74) is 11.9. The molecule has 0 amide bonds. The second-order valence-electron chi connectivity index (χ2n) is 8.32. The van der Waals surface area contributed by atoms with Gasteiger partial charge in [0.1, 0.15) is 6.07 Å². The molecule has 1 aromatic heterocycles. The highest BCUT2D eigenvalue weighted by Gasteiger charge is 2.17. The number of nitrogens with one attached hydrogen (secondary N) is 2. The lowest BCUT2D eigenvalue weighted by atomic mass is 10.1. The molecule has 1 aliphatic heterocycles. The number of hydrogen-bond donors (Lipinski definition) is 3. The molecule has 1 aromatic carbocycles. The Hall–Kier alpha value is -2.53. The second-order valence-corrected chi connectivity index (χ2v) is 9.34. The van der Waals surface area contributed by atoms with E-state index in [9.17, 15) is 5.26 Å². The summed E-state index contributed by atoms with van der Waals surface area (Å²) < 4.78 is 0. The zero-order chi connectivity index (χ0) is 23.1. The Morgan fingerprint density at radius 3 is 2.56 bits per heavy atom. The standard InChI is InChI=1S/C25H34N6S/c1-5-17(2)25(32-24-18(3)29-15-20(14-26)23(24)28-4)30-22-8-6-19(7-9-22)16-31-12-10-21(27)11-13-31/h6-9,15,21,30H,5,10-13,16,27H2,1-4H3,(H,28,29). The van der Waals surface area contributed by atoms with Gasteiger partial charge in [0.05, 0.1) is 26.9 Å². The van der Waals surface area contributed by atoms with Gasteiger partial charge in [-0.15, -0.1) is 0 Å². The average Bonchev–Trinajstić information content (AvgIpc) is 2.81. The number of rotatable bonds is 8. The van der Waals surface area contributed by atoms with Gasteiger partial charge < -0.3 is 16.4 Å². The first-order chi connectivity index (χ1) is 15.4. The zero-order valence-corrected chi connectivity index (χ0v) is 20.4. The topological polar surface area (TPSA) is 90.0 Å². The van der Waals surface area contributed by atoms with Gasteiger partial charge in [0.25, 0.3) is 0 Å². The summed E-state index contributed by atoms with van der Waals surface area (Å²) >= 11 is 1.63. The van der Waals surface area contributed by atoms with Gasteiger partial charge in [-0.2, -0.15) is 5.26 Å². The number of benzene rings is 1. The van der Waals surface area contributed by atoms with E-state index in [0.29, 0.717) is 11.6 Å². The number of aryl methyl sites for hydroxylation is 1. The third kappa shape index (κ3) is 6.04. The van der Waals surface area contributed by atoms with Gasteiger partial charge in [-0.1, -0.05) is 30.8 Å². The maximum Gasteiger partial charge on any atom is 0.103 e. The third-order valence-electron chi connectivity index (χ3n) is 5.96. The molecule has 1 saturated heterocycles. The lowest BCUT2D eigenvalue weighted by Crippen LogP contribution is -2.39. The van der Waals surface area contributed by atoms with E-state index in [4.69, 9.17) is 5.73 Å². The van der Waals surface area contributed by atoms with Crippen molar-refractivity contribution in [2.45, 2.75) is 57.5 Å². The Morgan fingerprint density at radius 1 is 1.28 bits per heavy atom. The smallest absolute Gasteiger partial charge is 0.103 e. The number of thioether (sulfide) groups is 1. The SMILES string of the molecule is CCC(C)=C(Nc1ccc(CN2CCC(N)CC2)cc1)Sc1c(C)ncc(C#N)c1NC. The van der Waals surface area contributed by atoms with Crippen molar-refractivity contribution >= 4 is 23.1 Å². The van der Waals surface area contributed by atoms with E-state index in [1.165, 1.54) is 11.1 Å². The van der Waals surface area contributed by atoms with Gasteiger partial charge in [0.15, 0.2) is 0 Å². The fourth-order valence-corrected chi connectivity index (χ4v) is 4.93. The minimum absolute atomic E-state index is 0.360. The predicted molar refractivity (Wildman–Crippen MR) is 135 cm³/mol. The summed E-state index contributed by atoms with van der Waals surface area (Å²) in [4.78, 5) is 7.88. The van der Waals surface area contributed by atoms with E-state index in [1.807, 2.05) is 14.0 Å². The molecule has 1 aliphatic rings. The number of nitriles is 1. The van der Waals surface area contributed by atoms with Crippen molar-refractivity contribution in [3.05, 3.63) is 57.9 Å². The molecule has 2 aromatic rings. The van der Waals surface area contributed by atoms with Crippen LogP contribution in [0.5, 0.6) is 0 Å². The van der Waals surface area contributed by atoms with E-state index < -0.39 is 0 Å². The molecule has 3 rings (SSSR count). The van der Waals surface area contributed by atoms with Crippen LogP contribution in [0.1, 0.15) is 49.9 Å². The summed E-state index contributed by atoms with van der Waals surface area (Å²) in [5.74, 6) is 0. The summed E-state index contributed by atoms with van der Waals surface area (Å²) in [6.07, 6.45) is 4.72. The highest BCUT2D eigenvalue weighted by Crippen LogP contribution is 2.38. The van der Waals surface area contributed by atoms with Crippen molar-refractivity contribution < 1.29 is 0 Å². The van der Waals surface area contributed by atoms with Crippen LogP contribution in [0.3, 0.4) is 0 Å². The van der Waals surface area contributed by atoms with Gasteiger partial charge in [-0.05, 0) is 69.5 Å². The molecule has 0 saturated carbocycles. The molecule has 0 bridgehead atoms. The van der Waals surface area contributed by atoms with E-state index in [0.717, 1.165) is 65.9 Å². The average molecular weight is 451 g/mol. The molecule has 6 nitrogen and oxygen atoms in total. The first kappa shape index (κ1) is 24.1. The Kier molecular flexibility index (Phi) is 8.57. The molecule has 0 unspecified atom stereocenters. The van der Waals surface area contributed by atoms with Gasteiger partial charge in [0.2, 0.25) is 0 Å². The first-order valence-electron chi connectivity index (χ1n) is 11.2. The van der Waals surface area contributed by atoms with Crippen LogP contribution < -0.4 is 16.4 Å². The molecule has 170 valence electrons. The molecule has 0 aliphatic carbocycles. The van der Waals surface area contributed by atoms with Crippen LogP contribution in [0.15, 0.2) is 46.0 Å². The number of allylic oxidation sites excluding steroid dienone is 1.